The molecular formula is C10H14FN. The second kappa shape index (κ2) is 5.47. The Morgan fingerprint density at radius 1 is 1.42 bits per heavy atom. The van der Waals surface area contributed by atoms with Crippen LogP contribution in [0.2, 0.25) is 0 Å². The number of allylic oxidation sites excluding steroid dienone is 5. The van der Waals surface area contributed by atoms with Gasteiger partial charge in [0.1, 0.15) is 5.83 Å². The van der Waals surface area contributed by atoms with E-state index in [-0.39, 0.29) is 5.83 Å². The monoisotopic (exact) mass is 167 g/mol. The van der Waals surface area contributed by atoms with E-state index in [1.165, 1.54) is 0 Å². The maximum Gasteiger partial charge on any atom is 0.146 e. The zero-order chi connectivity index (χ0) is 9.56. The quantitative estimate of drug-likeness (QED) is 0.451. The third-order valence-electron chi connectivity index (χ3n) is 1.24. The first-order chi connectivity index (χ1) is 5.59. The molecule has 0 N–H and O–H groups in total. The minimum Gasteiger partial charge on any atom is -0.259 e. The van der Waals surface area contributed by atoms with Crippen LogP contribution < -0.4 is 0 Å². The van der Waals surface area contributed by atoms with Crippen LogP contribution in [-0.4, -0.2) is 6.21 Å². The number of hydrogen-bond acceptors (Lipinski definition) is 1. The van der Waals surface area contributed by atoms with Crippen LogP contribution in [0.25, 0.3) is 0 Å². The summed E-state index contributed by atoms with van der Waals surface area (Å²) in [7, 11) is 0. The van der Waals surface area contributed by atoms with Crippen LogP contribution in [0, 0.1) is 0 Å². The Morgan fingerprint density at radius 3 is 2.42 bits per heavy atom. The van der Waals surface area contributed by atoms with E-state index in [1.807, 2.05) is 13.0 Å². The van der Waals surface area contributed by atoms with Gasteiger partial charge in [-0.15, -0.1) is 0 Å². The van der Waals surface area contributed by atoms with Gasteiger partial charge in [0.2, 0.25) is 0 Å². The van der Waals surface area contributed by atoms with Gasteiger partial charge in [0.15, 0.2) is 0 Å². The molecule has 0 heterocycles. The average Bonchev–Trinajstić information content (AvgIpc) is 2.03. The molecule has 0 bridgehead atoms. The van der Waals surface area contributed by atoms with Crippen LogP contribution in [0.4, 0.5) is 4.39 Å². The highest BCUT2D eigenvalue weighted by molar-refractivity contribution is 5.72. The van der Waals surface area contributed by atoms with Crippen molar-refractivity contribution in [1.82, 2.24) is 0 Å². The van der Waals surface area contributed by atoms with Crippen LogP contribution in [0.15, 0.2) is 40.8 Å². The lowest BCUT2D eigenvalue weighted by molar-refractivity contribution is 0.638. The Bertz CT molecular complexity index is 247. The molecular weight excluding hydrogens is 153 g/mol. The van der Waals surface area contributed by atoms with Gasteiger partial charge in [0, 0.05) is 6.21 Å². The van der Waals surface area contributed by atoms with E-state index in [0.29, 0.717) is 11.3 Å². The molecule has 0 saturated carbocycles. The van der Waals surface area contributed by atoms with Gasteiger partial charge in [-0.3, -0.25) is 4.99 Å². The van der Waals surface area contributed by atoms with E-state index in [1.54, 1.807) is 26.1 Å². The molecule has 0 aliphatic heterocycles. The maximum absolute atomic E-state index is 13.0. The number of nitrogens with zero attached hydrogens (tertiary/aromatic N) is 1. The van der Waals surface area contributed by atoms with Crippen LogP contribution in [0.3, 0.4) is 0 Å². The Kier molecular flexibility index (Phi) is 4.93. The average molecular weight is 167 g/mol. The van der Waals surface area contributed by atoms with Crippen molar-refractivity contribution in [3.63, 3.8) is 0 Å². The standard InChI is InChI=1S/C10H14FN/c1-5-6-7-12-9(4)10(11)8(2)3/h5-7H,2H2,1,3-4H3/b6-5+,10-9+,12-7+. The van der Waals surface area contributed by atoms with Crippen molar-refractivity contribution in [2.45, 2.75) is 20.8 Å². The first-order valence-electron chi connectivity index (χ1n) is 3.77. The van der Waals surface area contributed by atoms with Crippen LogP contribution in [0.5, 0.6) is 0 Å². The summed E-state index contributed by atoms with van der Waals surface area (Å²) in [5.41, 5.74) is 0.769. The first kappa shape index (κ1) is 10.8. The summed E-state index contributed by atoms with van der Waals surface area (Å²) < 4.78 is 13.0. The Balaban J connectivity index is 4.47. The predicted octanol–water partition coefficient (Wildman–Crippen LogP) is 3.41. The summed E-state index contributed by atoms with van der Waals surface area (Å²) in [6.45, 7) is 8.58. The van der Waals surface area contributed by atoms with E-state index in [9.17, 15) is 4.39 Å². The summed E-state index contributed by atoms with van der Waals surface area (Å²) in [6, 6.07) is 0. The lowest BCUT2D eigenvalue weighted by Gasteiger charge is -1.96. The Labute approximate surface area is 73.0 Å². The van der Waals surface area contributed by atoms with Crippen LogP contribution >= 0.6 is 0 Å². The number of halogens is 1. The molecule has 0 unspecified atom stereocenters. The minimum atomic E-state index is -0.337. The molecule has 2 heteroatoms. The normalized spacial score (nSPS) is 14.0. The zero-order valence-electron chi connectivity index (χ0n) is 7.76. The van der Waals surface area contributed by atoms with Gasteiger partial charge < -0.3 is 0 Å². The number of rotatable bonds is 3. The smallest absolute Gasteiger partial charge is 0.146 e. The molecule has 0 saturated heterocycles. The molecule has 0 fully saturated rings. The van der Waals surface area contributed by atoms with Crippen LogP contribution in [-0.2, 0) is 0 Å². The second-order valence-electron chi connectivity index (χ2n) is 2.48. The van der Waals surface area contributed by atoms with Crippen molar-refractivity contribution in [3.05, 3.63) is 35.8 Å². The fourth-order valence-electron chi connectivity index (χ4n) is 0.606. The van der Waals surface area contributed by atoms with E-state index in [2.05, 4.69) is 11.6 Å². The highest BCUT2D eigenvalue weighted by Gasteiger charge is 1.98. The molecule has 0 aliphatic carbocycles. The lowest BCUT2D eigenvalue weighted by atomic mass is 10.2. The molecule has 0 amide bonds. The fraction of sp³-hybridized carbons (Fsp3) is 0.300. The number of aliphatic imine (C=N–C) groups is 1. The molecule has 0 aromatic carbocycles. The molecule has 0 atom stereocenters. The highest BCUT2D eigenvalue weighted by atomic mass is 19.1. The molecule has 0 spiro atoms. The van der Waals surface area contributed by atoms with Gasteiger partial charge >= 0.3 is 0 Å². The zero-order valence-corrected chi connectivity index (χ0v) is 7.76. The Hall–Kier alpha value is -1.18. The molecule has 0 aromatic heterocycles. The highest BCUT2D eigenvalue weighted by Crippen LogP contribution is 2.14. The topological polar surface area (TPSA) is 12.4 Å². The Morgan fingerprint density at radius 2 is 2.00 bits per heavy atom. The van der Waals surface area contributed by atoms with Crippen molar-refractivity contribution in [2.75, 3.05) is 0 Å². The van der Waals surface area contributed by atoms with E-state index >= 15 is 0 Å². The van der Waals surface area contributed by atoms with E-state index in [4.69, 9.17) is 0 Å². The summed E-state index contributed by atoms with van der Waals surface area (Å²) in [5, 5.41) is 0. The van der Waals surface area contributed by atoms with Gasteiger partial charge in [-0.2, -0.15) is 0 Å². The fourth-order valence-corrected chi connectivity index (χ4v) is 0.606. The molecule has 12 heavy (non-hydrogen) atoms. The summed E-state index contributed by atoms with van der Waals surface area (Å²) in [6.07, 6.45) is 5.13. The minimum absolute atomic E-state index is 0.337. The van der Waals surface area contributed by atoms with Crippen molar-refractivity contribution < 1.29 is 4.39 Å². The van der Waals surface area contributed by atoms with Crippen LogP contribution in [0.1, 0.15) is 20.8 Å². The van der Waals surface area contributed by atoms with Crippen molar-refractivity contribution in [1.29, 1.82) is 0 Å². The van der Waals surface area contributed by atoms with Crippen molar-refractivity contribution in [3.8, 4) is 0 Å². The molecule has 66 valence electrons. The first-order valence-corrected chi connectivity index (χ1v) is 3.77. The predicted molar refractivity (Wildman–Crippen MR) is 51.9 cm³/mol. The molecule has 0 aliphatic rings. The van der Waals surface area contributed by atoms with Gasteiger partial charge in [-0.1, -0.05) is 12.7 Å². The van der Waals surface area contributed by atoms with E-state index in [0.717, 1.165) is 0 Å². The van der Waals surface area contributed by atoms with Crippen molar-refractivity contribution in [2.24, 2.45) is 4.99 Å². The summed E-state index contributed by atoms with van der Waals surface area (Å²) in [5.74, 6) is -0.337. The van der Waals surface area contributed by atoms with Gasteiger partial charge in [0.25, 0.3) is 0 Å². The maximum atomic E-state index is 13.0. The molecule has 0 rings (SSSR count). The second-order valence-corrected chi connectivity index (χ2v) is 2.48. The molecule has 0 radical (unpaired) electrons. The third kappa shape index (κ3) is 3.86. The SMILES string of the molecule is C=C(C)\C(F)=C(C)/N=C/C=C/C. The van der Waals surface area contributed by atoms with E-state index < -0.39 is 0 Å². The molecule has 1 nitrogen and oxygen atoms in total. The summed E-state index contributed by atoms with van der Waals surface area (Å²) >= 11 is 0. The lowest BCUT2D eigenvalue weighted by Crippen LogP contribution is -1.80. The van der Waals surface area contributed by atoms with Gasteiger partial charge in [-0.25, -0.2) is 4.39 Å². The van der Waals surface area contributed by atoms with Gasteiger partial charge in [0.05, 0.1) is 5.70 Å². The summed E-state index contributed by atoms with van der Waals surface area (Å²) in [4.78, 5) is 3.87. The molecule has 0 aromatic rings. The van der Waals surface area contributed by atoms with Crippen molar-refractivity contribution >= 4 is 6.21 Å². The number of hydrogen-bond donors (Lipinski definition) is 0. The van der Waals surface area contributed by atoms with Gasteiger partial charge in [-0.05, 0) is 32.4 Å². The largest absolute Gasteiger partial charge is 0.259 e. The third-order valence-corrected chi connectivity index (χ3v) is 1.24.